The molecule has 0 saturated carbocycles. The van der Waals surface area contributed by atoms with Crippen LogP contribution in [0, 0.1) is 5.92 Å². The zero-order valence-corrected chi connectivity index (χ0v) is 12.2. The minimum atomic E-state index is -1.12. The van der Waals surface area contributed by atoms with Crippen LogP contribution in [0.1, 0.15) is 6.92 Å². The minimum Gasteiger partial charge on any atom is -0.465 e. The van der Waals surface area contributed by atoms with Gasteiger partial charge in [0.1, 0.15) is 18.0 Å². The number of aromatic nitrogens is 1. The van der Waals surface area contributed by atoms with Crippen molar-refractivity contribution in [1.82, 2.24) is 4.98 Å². The fourth-order valence-electron chi connectivity index (χ4n) is 2.63. The molecule has 1 saturated heterocycles. The number of hydrogen-bond acceptors (Lipinski definition) is 6. The van der Waals surface area contributed by atoms with Gasteiger partial charge in [-0.3, -0.25) is 4.98 Å². The van der Waals surface area contributed by atoms with Crippen molar-refractivity contribution < 1.29 is 24.8 Å². The van der Waals surface area contributed by atoms with E-state index in [0.29, 0.717) is 5.75 Å². The Kier molecular flexibility index (Phi) is 4.26. The van der Waals surface area contributed by atoms with Crippen LogP contribution in [0.4, 0.5) is 0 Å². The first-order valence-corrected chi connectivity index (χ1v) is 7.23. The van der Waals surface area contributed by atoms with E-state index >= 15 is 0 Å². The molecule has 1 aromatic heterocycles. The highest BCUT2D eigenvalue weighted by Gasteiger charge is 2.43. The van der Waals surface area contributed by atoms with Crippen LogP contribution in [0.15, 0.2) is 36.7 Å². The van der Waals surface area contributed by atoms with E-state index in [9.17, 15) is 15.3 Å². The van der Waals surface area contributed by atoms with Crippen LogP contribution in [0.5, 0.6) is 5.75 Å². The molecule has 22 heavy (non-hydrogen) atoms. The lowest BCUT2D eigenvalue weighted by Gasteiger charge is -2.40. The van der Waals surface area contributed by atoms with Gasteiger partial charge in [0, 0.05) is 23.7 Å². The largest absolute Gasteiger partial charge is 0.465 e. The van der Waals surface area contributed by atoms with E-state index in [2.05, 4.69) is 4.98 Å². The molecule has 1 aromatic carbocycles. The van der Waals surface area contributed by atoms with E-state index in [0.717, 1.165) is 10.8 Å². The number of fused-ring (bicyclic) bond motifs is 1. The Labute approximate surface area is 127 Å². The quantitative estimate of drug-likeness (QED) is 0.773. The van der Waals surface area contributed by atoms with Crippen molar-refractivity contribution in [2.45, 2.75) is 31.5 Å². The van der Waals surface area contributed by atoms with Crippen molar-refractivity contribution in [2.24, 2.45) is 5.92 Å². The van der Waals surface area contributed by atoms with E-state index in [1.165, 1.54) is 0 Å². The van der Waals surface area contributed by atoms with Gasteiger partial charge in [-0.15, -0.1) is 0 Å². The highest BCUT2D eigenvalue weighted by molar-refractivity contribution is 5.82. The lowest BCUT2D eigenvalue weighted by molar-refractivity contribution is -0.256. The van der Waals surface area contributed by atoms with Crippen LogP contribution in [-0.4, -0.2) is 51.5 Å². The van der Waals surface area contributed by atoms with E-state index in [4.69, 9.17) is 9.47 Å². The second-order valence-corrected chi connectivity index (χ2v) is 5.57. The summed E-state index contributed by atoms with van der Waals surface area (Å²) in [5, 5.41) is 31.1. The fourth-order valence-corrected chi connectivity index (χ4v) is 2.63. The maximum absolute atomic E-state index is 10.0. The van der Waals surface area contributed by atoms with Gasteiger partial charge in [0.25, 0.3) is 0 Å². The van der Waals surface area contributed by atoms with Gasteiger partial charge in [-0.05, 0) is 23.6 Å². The SMILES string of the molecule is CC1[C@H](Oc2ccc3ccncc3c2)OC(CO)[C@H](O)[C@@H]1O. The Morgan fingerprint density at radius 1 is 1.18 bits per heavy atom. The number of nitrogens with zero attached hydrogens (tertiary/aromatic N) is 1. The molecule has 1 aliphatic rings. The molecule has 0 radical (unpaired) electrons. The normalized spacial score (nSPS) is 32.1. The van der Waals surface area contributed by atoms with Gasteiger partial charge in [-0.2, -0.15) is 0 Å². The van der Waals surface area contributed by atoms with Crippen LogP contribution < -0.4 is 4.74 Å². The molecule has 2 heterocycles. The second kappa shape index (κ2) is 6.18. The third kappa shape index (κ3) is 2.78. The molecule has 1 fully saturated rings. The number of aliphatic hydroxyl groups is 3. The van der Waals surface area contributed by atoms with E-state index < -0.39 is 30.5 Å². The van der Waals surface area contributed by atoms with Crippen molar-refractivity contribution >= 4 is 10.8 Å². The number of rotatable bonds is 3. The van der Waals surface area contributed by atoms with Crippen molar-refractivity contribution in [3.05, 3.63) is 36.7 Å². The Hall–Kier alpha value is -1.73. The van der Waals surface area contributed by atoms with Crippen molar-refractivity contribution in [2.75, 3.05) is 6.61 Å². The third-order valence-electron chi connectivity index (χ3n) is 4.05. The summed E-state index contributed by atoms with van der Waals surface area (Å²) in [5.74, 6) is 0.153. The van der Waals surface area contributed by atoms with Gasteiger partial charge in [-0.25, -0.2) is 0 Å². The number of ether oxygens (including phenoxy) is 2. The monoisotopic (exact) mass is 305 g/mol. The maximum Gasteiger partial charge on any atom is 0.205 e. The lowest BCUT2D eigenvalue weighted by Crippen LogP contribution is -2.56. The average molecular weight is 305 g/mol. The number of hydrogen-bond donors (Lipinski definition) is 3. The number of benzene rings is 1. The Morgan fingerprint density at radius 2 is 2.00 bits per heavy atom. The highest BCUT2D eigenvalue weighted by Crippen LogP contribution is 2.29. The van der Waals surface area contributed by atoms with Crippen LogP contribution in [0.2, 0.25) is 0 Å². The predicted molar refractivity (Wildman–Crippen MR) is 79.3 cm³/mol. The summed E-state index contributed by atoms with van der Waals surface area (Å²) < 4.78 is 11.3. The molecule has 2 aromatic rings. The molecule has 0 aliphatic carbocycles. The molecule has 118 valence electrons. The molecular formula is C16H19NO5. The highest BCUT2D eigenvalue weighted by atomic mass is 16.7. The van der Waals surface area contributed by atoms with E-state index in [1.54, 1.807) is 19.3 Å². The van der Waals surface area contributed by atoms with Crippen molar-refractivity contribution in [3.63, 3.8) is 0 Å². The molecule has 2 unspecified atom stereocenters. The molecule has 0 spiro atoms. The Balaban J connectivity index is 1.80. The van der Waals surface area contributed by atoms with E-state index in [-0.39, 0.29) is 6.61 Å². The molecule has 1 aliphatic heterocycles. The molecule has 3 rings (SSSR count). The first kappa shape index (κ1) is 15.2. The van der Waals surface area contributed by atoms with Gasteiger partial charge in [0.05, 0.1) is 12.7 Å². The van der Waals surface area contributed by atoms with Gasteiger partial charge < -0.3 is 24.8 Å². The molecule has 0 bridgehead atoms. The van der Waals surface area contributed by atoms with Crippen LogP contribution in [0.3, 0.4) is 0 Å². The topological polar surface area (TPSA) is 92.0 Å². The summed E-state index contributed by atoms with van der Waals surface area (Å²) in [6.07, 6.45) is -0.289. The van der Waals surface area contributed by atoms with Gasteiger partial charge in [-0.1, -0.05) is 13.0 Å². The maximum atomic E-state index is 10.0. The average Bonchev–Trinajstić information content (AvgIpc) is 2.55. The number of aliphatic hydroxyl groups excluding tert-OH is 3. The van der Waals surface area contributed by atoms with Crippen molar-refractivity contribution in [3.8, 4) is 5.75 Å². The minimum absolute atomic E-state index is 0.382. The van der Waals surface area contributed by atoms with Gasteiger partial charge in [0.2, 0.25) is 6.29 Å². The molecule has 0 amide bonds. The number of pyridine rings is 1. The van der Waals surface area contributed by atoms with Crippen LogP contribution in [-0.2, 0) is 4.74 Å². The smallest absolute Gasteiger partial charge is 0.205 e. The summed E-state index contributed by atoms with van der Waals surface area (Å²) in [4.78, 5) is 4.07. The molecule has 3 N–H and O–H groups in total. The zero-order chi connectivity index (χ0) is 15.7. The Bertz CT molecular complexity index is 647. The summed E-state index contributed by atoms with van der Waals surface area (Å²) in [6.45, 7) is 1.35. The summed E-state index contributed by atoms with van der Waals surface area (Å²) in [6, 6.07) is 7.46. The first-order chi connectivity index (χ1) is 10.6. The summed E-state index contributed by atoms with van der Waals surface area (Å²) in [7, 11) is 0. The predicted octanol–water partition coefficient (Wildman–Crippen LogP) is 0.689. The summed E-state index contributed by atoms with van der Waals surface area (Å²) in [5.41, 5.74) is 0. The van der Waals surface area contributed by atoms with Gasteiger partial charge >= 0.3 is 0 Å². The molecular weight excluding hydrogens is 286 g/mol. The van der Waals surface area contributed by atoms with Crippen molar-refractivity contribution in [1.29, 1.82) is 0 Å². The Morgan fingerprint density at radius 3 is 2.77 bits per heavy atom. The van der Waals surface area contributed by atoms with Crippen LogP contribution in [0.25, 0.3) is 10.8 Å². The molecule has 6 nitrogen and oxygen atoms in total. The summed E-state index contributed by atoms with van der Waals surface area (Å²) >= 11 is 0. The zero-order valence-electron chi connectivity index (χ0n) is 12.2. The van der Waals surface area contributed by atoms with Crippen LogP contribution >= 0.6 is 0 Å². The third-order valence-corrected chi connectivity index (χ3v) is 4.05. The van der Waals surface area contributed by atoms with Gasteiger partial charge in [0.15, 0.2) is 0 Å². The standard InChI is InChI=1S/C16H19NO5/c1-9-14(19)15(20)13(8-18)22-16(9)21-12-3-2-10-4-5-17-7-11(10)6-12/h2-7,9,13-16,18-20H,8H2,1H3/t9?,13?,14-,15+,16-/m1/s1. The second-order valence-electron chi connectivity index (χ2n) is 5.57. The first-order valence-electron chi connectivity index (χ1n) is 7.23. The van der Waals surface area contributed by atoms with E-state index in [1.807, 2.05) is 24.3 Å². The lowest BCUT2D eigenvalue weighted by atomic mass is 9.92. The fraction of sp³-hybridized carbons (Fsp3) is 0.438. The molecule has 6 heteroatoms. The molecule has 5 atom stereocenters.